The molecule has 13 heavy (non-hydrogen) atoms. The zero-order chi connectivity index (χ0) is 9.68. The first-order valence-electron chi connectivity index (χ1n) is 5.13. The molecular weight excluding hydrogens is 160 g/mol. The van der Waals surface area contributed by atoms with E-state index in [0.29, 0.717) is 5.92 Å². The van der Waals surface area contributed by atoms with Crippen molar-refractivity contribution >= 4 is 0 Å². The maximum absolute atomic E-state index is 5.47. The smallest absolute Gasteiger partial charge is 0.0843 e. The van der Waals surface area contributed by atoms with Crippen LogP contribution in [0.15, 0.2) is 24.8 Å². The molecule has 1 aliphatic rings. The molecule has 1 rings (SSSR count). The van der Waals surface area contributed by atoms with Crippen LogP contribution in [0.4, 0.5) is 0 Å². The monoisotopic (exact) mass is 180 g/mol. The Morgan fingerprint density at radius 1 is 1.38 bits per heavy atom. The van der Waals surface area contributed by atoms with E-state index in [0.717, 1.165) is 5.57 Å². The van der Waals surface area contributed by atoms with Gasteiger partial charge in [0.2, 0.25) is 0 Å². The summed E-state index contributed by atoms with van der Waals surface area (Å²) >= 11 is 0. The third kappa shape index (κ3) is 2.70. The van der Waals surface area contributed by atoms with E-state index < -0.39 is 0 Å². The molecule has 0 N–H and O–H groups in total. The summed E-state index contributed by atoms with van der Waals surface area (Å²) in [5, 5.41) is 0. The van der Waals surface area contributed by atoms with E-state index in [1.165, 1.54) is 32.1 Å². The first-order valence-corrected chi connectivity index (χ1v) is 5.13. The van der Waals surface area contributed by atoms with Crippen LogP contribution in [0.3, 0.4) is 0 Å². The standard InChI is InChI=1S/C12H20O/c1-4-10(2)12(13-3)11-8-6-5-7-9-11/h4,11-12H,1-2,5-9H2,3H3. The van der Waals surface area contributed by atoms with Crippen molar-refractivity contribution in [1.82, 2.24) is 0 Å². The lowest BCUT2D eigenvalue weighted by atomic mass is 9.83. The Morgan fingerprint density at radius 3 is 2.46 bits per heavy atom. The van der Waals surface area contributed by atoms with E-state index in [-0.39, 0.29) is 6.10 Å². The Labute approximate surface area is 81.5 Å². The Balaban J connectivity index is 2.53. The molecule has 0 aromatic rings. The second-order valence-electron chi connectivity index (χ2n) is 3.83. The van der Waals surface area contributed by atoms with E-state index in [1.807, 2.05) is 6.08 Å². The first-order chi connectivity index (χ1) is 6.29. The molecule has 0 amide bonds. The number of rotatable bonds is 4. The molecule has 0 aromatic carbocycles. The summed E-state index contributed by atoms with van der Waals surface area (Å²) in [7, 11) is 1.77. The lowest BCUT2D eigenvalue weighted by Gasteiger charge is -2.29. The first kappa shape index (κ1) is 10.5. The molecule has 0 radical (unpaired) electrons. The summed E-state index contributed by atoms with van der Waals surface area (Å²) in [5.74, 6) is 0.671. The fourth-order valence-electron chi connectivity index (χ4n) is 2.20. The summed E-state index contributed by atoms with van der Waals surface area (Å²) in [6, 6.07) is 0. The normalized spacial score (nSPS) is 21.0. The van der Waals surface area contributed by atoms with Gasteiger partial charge in [-0.05, 0) is 24.3 Å². The van der Waals surface area contributed by atoms with Gasteiger partial charge >= 0.3 is 0 Å². The minimum absolute atomic E-state index is 0.206. The summed E-state index contributed by atoms with van der Waals surface area (Å²) in [5.41, 5.74) is 1.04. The summed E-state index contributed by atoms with van der Waals surface area (Å²) < 4.78 is 5.47. The van der Waals surface area contributed by atoms with Crippen molar-refractivity contribution in [2.45, 2.75) is 38.2 Å². The van der Waals surface area contributed by atoms with E-state index >= 15 is 0 Å². The minimum atomic E-state index is 0.206. The van der Waals surface area contributed by atoms with Gasteiger partial charge in [-0.15, -0.1) is 0 Å². The summed E-state index contributed by atoms with van der Waals surface area (Å²) in [4.78, 5) is 0. The van der Waals surface area contributed by atoms with Crippen LogP contribution in [0.5, 0.6) is 0 Å². The summed E-state index contributed by atoms with van der Waals surface area (Å²) in [6.45, 7) is 7.72. The largest absolute Gasteiger partial charge is 0.376 e. The third-order valence-corrected chi connectivity index (χ3v) is 2.96. The van der Waals surface area contributed by atoms with Crippen molar-refractivity contribution in [1.29, 1.82) is 0 Å². The lowest BCUT2D eigenvalue weighted by Crippen LogP contribution is -2.25. The van der Waals surface area contributed by atoms with Gasteiger partial charge in [0.15, 0.2) is 0 Å². The zero-order valence-electron chi connectivity index (χ0n) is 8.59. The molecule has 0 heterocycles. The molecule has 74 valence electrons. The topological polar surface area (TPSA) is 9.23 Å². The molecule has 1 heteroatoms. The highest BCUT2D eigenvalue weighted by Crippen LogP contribution is 2.30. The average molecular weight is 180 g/mol. The molecular formula is C12H20O. The van der Waals surface area contributed by atoms with Gasteiger partial charge in [0.25, 0.3) is 0 Å². The number of hydrogen-bond acceptors (Lipinski definition) is 1. The Kier molecular flexibility index (Phi) is 4.23. The van der Waals surface area contributed by atoms with Crippen LogP contribution in [0.1, 0.15) is 32.1 Å². The van der Waals surface area contributed by atoms with Crippen LogP contribution in [0.25, 0.3) is 0 Å². The second-order valence-corrected chi connectivity index (χ2v) is 3.83. The van der Waals surface area contributed by atoms with Gasteiger partial charge in [0.1, 0.15) is 0 Å². The maximum Gasteiger partial charge on any atom is 0.0843 e. The highest BCUT2D eigenvalue weighted by atomic mass is 16.5. The molecule has 1 saturated carbocycles. The molecule has 1 nitrogen and oxygen atoms in total. The highest BCUT2D eigenvalue weighted by Gasteiger charge is 2.24. The van der Waals surface area contributed by atoms with Crippen LogP contribution >= 0.6 is 0 Å². The Hall–Kier alpha value is -0.560. The predicted molar refractivity (Wildman–Crippen MR) is 56.7 cm³/mol. The third-order valence-electron chi connectivity index (χ3n) is 2.96. The van der Waals surface area contributed by atoms with E-state index in [2.05, 4.69) is 13.2 Å². The van der Waals surface area contributed by atoms with Gasteiger partial charge in [-0.2, -0.15) is 0 Å². The van der Waals surface area contributed by atoms with Gasteiger partial charge in [0, 0.05) is 7.11 Å². The van der Waals surface area contributed by atoms with Crippen LogP contribution in [0.2, 0.25) is 0 Å². The molecule has 0 bridgehead atoms. The van der Waals surface area contributed by atoms with Gasteiger partial charge in [-0.25, -0.2) is 0 Å². The van der Waals surface area contributed by atoms with Gasteiger partial charge in [-0.1, -0.05) is 38.5 Å². The van der Waals surface area contributed by atoms with Crippen LogP contribution in [-0.4, -0.2) is 13.2 Å². The van der Waals surface area contributed by atoms with Crippen LogP contribution in [0, 0.1) is 5.92 Å². The van der Waals surface area contributed by atoms with E-state index in [1.54, 1.807) is 7.11 Å². The van der Waals surface area contributed by atoms with Crippen molar-refractivity contribution in [2.24, 2.45) is 5.92 Å². The molecule has 1 atom stereocenters. The van der Waals surface area contributed by atoms with Crippen molar-refractivity contribution < 1.29 is 4.74 Å². The van der Waals surface area contributed by atoms with Crippen molar-refractivity contribution in [3.05, 3.63) is 24.8 Å². The van der Waals surface area contributed by atoms with Crippen molar-refractivity contribution in [3.63, 3.8) is 0 Å². The second kappa shape index (κ2) is 5.23. The van der Waals surface area contributed by atoms with Gasteiger partial charge < -0.3 is 4.74 Å². The van der Waals surface area contributed by atoms with Crippen LogP contribution in [-0.2, 0) is 4.74 Å². The maximum atomic E-state index is 5.47. The summed E-state index contributed by atoms with van der Waals surface area (Å²) in [6.07, 6.45) is 8.66. The van der Waals surface area contributed by atoms with Crippen molar-refractivity contribution in [3.8, 4) is 0 Å². The minimum Gasteiger partial charge on any atom is -0.376 e. The molecule has 1 aliphatic carbocycles. The molecule has 0 aliphatic heterocycles. The van der Waals surface area contributed by atoms with E-state index in [9.17, 15) is 0 Å². The molecule has 0 aromatic heterocycles. The van der Waals surface area contributed by atoms with E-state index in [4.69, 9.17) is 4.74 Å². The average Bonchev–Trinajstić information content (AvgIpc) is 2.20. The quantitative estimate of drug-likeness (QED) is 0.603. The Bertz CT molecular complexity index is 178. The van der Waals surface area contributed by atoms with Gasteiger partial charge in [-0.3, -0.25) is 0 Å². The Morgan fingerprint density at radius 2 is 2.00 bits per heavy atom. The predicted octanol–water partition coefficient (Wildman–Crippen LogP) is 3.32. The van der Waals surface area contributed by atoms with Crippen molar-refractivity contribution in [2.75, 3.05) is 7.11 Å². The number of hydrogen-bond donors (Lipinski definition) is 0. The fourth-order valence-corrected chi connectivity index (χ4v) is 2.20. The lowest BCUT2D eigenvalue weighted by molar-refractivity contribution is 0.0662. The molecule has 1 fully saturated rings. The molecule has 1 unspecified atom stereocenters. The zero-order valence-corrected chi connectivity index (χ0v) is 8.59. The van der Waals surface area contributed by atoms with Gasteiger partial charge in [0.05, 0.1) is 6.10 Å². The fraction of sp³-hybridized carbons (Fsp3) is 0.667. The SMILES string of the molecule is C=CC(=C)C(OC)C1CCCCC1. The molecule has 0 saturated heterocycles. The number of ether oxygens (including phenoxy) is 1. The number of methoxy groups -OCH3 is 1. The van der Waals surface area contributed by atoms with Crippen LogP contribution < -0.4 is 0 Å². The highest BCUT2D eigenvalue weighted by molar-refractivity contribution is 5.18. The molecule has 0 spiro atoms.